The molecule has 0 amide bonds. The number of likely N-dealkylation sites (N-methyl/N-ethyl adjacent to an activating group) is 2. The maximum Gasteiger partial charge on any atom is 0.249 e. The van der Waals surface area contributed by atoms with E-state index in [1.54, 1.807) is 11.8 Å². The Morgan fingerprint density at radius 2 is 1.73 bits per heavy atom. The van der Waals surface area contributed by atoms with Gasteiger partial charge in [-0.25, -0.2) is 0 Å². The first-order valence-corrected chi connectivity index (χ1v) is 9.28. The molecule has 0 fully saturated rings. The van der Waals surface area contributed by atoms with Gasteiger partial charge in [-0.05, 0) is 25.8 Å². The summed E-state index contributed by atoms with van der Waals surface area (Å²) in [6.45, 7) is 9.30. The number of rotatable bonds is 12. The minimum atomic E-state index is -0.355. The van der Waals surface area contributed by atoms with Crippen LogP contribution in [0.5, 0.6) is 0 Å². The molecule has 0 aliphatic rings. The summed E-state index contributed by atoms with van der Waals surface area (Å²) < 4.78 is 5.65. The van der Waals surface area contributed by atoms with E-state index < -0.39 is 0 Å². The molecule has 0 bridgehead atoms. The van der Waals surface area contributed by atoms with Gasteiger partial charge in [0.15, 0.2) is 0 Å². The lowest BCUT2D eigenvalue weighted by Crippen LogP contribution is -2.43. The van der Waals surface area contributed by atoms with Crippen LogP contribution >= 0.6 is 11.8 Å². The topological polar surface area (TPSA) is 49.9 Å². The van der Waals surface area contributed by atoms with Gasteiger partial charge in [-0.15, -0.1) is 0 Å². The molecule has 1 aromatic carbocycles. The van der Waals surface area contributed by atoms with E-state index in [9.17, 15) is 9.59 Å². The van der Waals surface area contributed by atoms with Crippen LogP contribution in [0.1, 0.15) is 25.8 Å². The molecule has 5 nitrogen and oxygen atoms in total. The van der Waals surface area contributed by atoms with Crippen molar-refractivity contribution in [1.29, 1.82) is 0 Å². The number of hydrogen-bond acceptors (Lipinski definition) is 6. The summed E-state index contributed by atoms with van der Waals surface area (Å²) in [4.78, 5) is 27.4. The third kappa shape index (κ3) is 5.11. The SMILES string of the molecule is CCCN(CC)CCOCCN(C)c1c(CSC)c(=O)c1=O. The van der Waals surface area contributed by atoms with E-state index in [-0.39, 0.29) is 10.9 Å². The molecular formula is C16H28N2O3S. The van der Waals surface area contributed by atoms with Crippen LogP contribution in [-0.4, -0.2) is 57.6 Å². The zero-order chi connectivity index (χ0) is 16.5. The smallest absolute Gasteiger partial charge is 0.249 e. The highest BCUT2D eigenvalue weighted by molar-refractivity contribution is 7.97. The fourth-order valence-corrected chi connectivity index (χ4v) is 3.02. The van der Waals surface area contributed by atoms with E-state index in [0.29, 0.717) is 36.8 Å². The standard InChI is InChI=1S/C16H28N2O3S/c1-5-7-18(6-2)9-11-21-10-8-17(3)14-13(12-22-4)15(19)16(14)20/h5-12H2,1-4H3. The average molecular weight is 328 g/mol. The third-order valence-corrected chi connectivity index (χ3v) is 4.34. The van der Waals surface area contributed by atoms with Crippen molar-refractivity contribution in [3.63, 3.8) is 0 Å². The van der Waals surface area contributed by atoms with Gasteiger partial charge in [0.25, 0.3) is 0 Å². The van der Waals surface area contributed by atoms with E-state index >= 15 is 0 Å². The first-order chi connectivity index (χ1) is 10.6. The lowest BCUT2D eigenvalue weighted by molar-refractivity contribution is 0.110. The molecule has 0 saturated carbocycles. The third-order valence-electron chi connectivity index (χ3n) is 3.76. The molecular weight excluding hydrogens is 300 g/mol. The second-order valence-corrected chi connectivity index (χ2v) is 6.25. The van der Waals surface area contributed by atoms with Crippen molar-refractivity contribution in [2.75, 3.05) is 57.6 Å². The minimum Gasteiger partial charge on any atom is -0.378 e. The molecule has 0 spiro atoms. The molecule has 0 aliphatic heterocycles. The first kappa shape index (κ1) is 19.2. The second-order valence-electron chi connectivity index (χ2n) is 5.39. The number of nitrogens with zero attached hydrogens (tertiary/aromatic N) is 2. The number of ether oxygens (including phenoxy) is 1. The van der Waals surface area contributed by atoms with Crippen molar-refractivity contribution >= 4 is 17.4 Å². The summed E-state index contributed by atoms with van der Waals surface area (Å²) in [5.41, 5.74) is 0.547. The second kappa shape index (κ2) is 10.0. The van der Waals surface area contributed by atoms with Gasteiger partial charge in [0, 0.05) is 31.5 Å². The van der Waals surface area contributed by atoms with E-state index in [1.165, 1.54) is 0 Å². The molecule has 0 unspecified atom stereocenters. The van der Waals surface area contributed by atoms with Crippen molar-refractivity contribution in [1.82, 2.24) is 4.90 Å². The van der Waals surface area contributed by atoms with E-state index in [0.717, 1.165) is 26.1 Å². The molecule has 6 heteroatoms. The van der Waals surface area contributed by atoms with Gasteiger partial charge in [-0.2, -0.15) is 11.8 Å². The Morgan fingerprint density at radius 1 is 1.05 bits per heavy atom. The molecule has 126 valence electrons. The van der Waals surface area contributed by atoms with Crippen LogP contribution in [0.25, 0.3) is 0 Å². The van der Waals surface area contributed by atoms with Gasteiger partial charge in [-0.1, -0.05) is 13.8 Å². The van der Waals surface area contributed by atoms with E-state index in [2.05, 4.69) is 18.7 Å². The van der Waals surface area contributed by atoms with Gasteiger partial charge in [0.1, 0.15) is 0 Å². The Bertz CT molecular complexity index is 512. The van der Waals surface area contributed by atoms with Crippen LogP contribution in [0.4, 0.5) is 5.69 Å². The molecule has 0 N–H and O–H groups in total. The Hall–Kier alpha value is -0.850. The molecule has 0 aromatic heterocycles. The molecule has 1 aromatic rings. The monoisotopic (exact) mass is 328 g/mol. The normalized spacial score (nSPS) is 11.5. The maximum absolute atomic E-state index is 11.7. The summed E-state index contributed by atoms with van der Waals surface area (Å²) in [7, 11) is 1.85. The Morgan fingerprint density at radius 3 is 2.32 bits per heavy atom. The van der Waals surface area contributed by atoms with E-state index in [4.69, 9.17) is 4.74 Å². The molecule has 1 rings (SSSR count). The molecule has 0 radical (unpaired) electrons. The van der Waals surface area contributed by atoms with Gasteiger partial charge in [0.05, 0.1) is 18.9 Å². The van der Waals surface area contributed by atoms with Crippen LogP contribution in [0.3, 0.4) is 0 Å². The largest absolute Gasteiger partial charge is 0.378 e. The summed E-state index contributed by atoms with van der Waals surface area (Å²) in [5, 5.41) is 0. The molecule has 0 atom stereocenters. The van der Waals surface area contributed by atoms with Crippen LogP contribution in [0.2, 0.25) is 0 Å². The zero-order valence-corrected chi connectivity index (χ0v) is 15.0. The van der Waals surface area contributed by atoms with Crippen LogP contribution in [0, 0.1) is 0 Å². The number of anilines is 1. The predicted octanol–water partition coefficient (Wildman–Crippen LogP) is 1.33. The maximum atomic E-state index is 11.7. The first-order valence-electron chi connectivity index (χ1n) is 7.89. The average Bonchev–Trinajstić information content (AvgIpc) is 2.52. The Labute approximate surface area is 137 Å². The van der Waals surface area contributed by atoms with Gasteiger partial charge in [-0.3, -0.25) is 9.59 Å². The summed E-state index contributed by atoms with van der Waals surface area (Å²) in [6, 6.07) is 0. The molecule has 0 heterocycles. The van der Waals surface area contributed by atoms with Crippen LogP contribution in [-0.2, 0) is 10.5 Å². The summed E-state index contributed by atoms with van der Waals surface area (Å²) >= 11 is 1.56. The number of thioether (sulfide) groups is 1. The highest BCUT2D eigenvalue weighted by Crippen LogP contribution is 2.17. The minimum absolute atomic E-state index is 0.324. The van der Waals surface area contributed by atoms with Crippen molar-refractivity contribution in [3.05, 3.63) is 26.0 Å². The van der Waals surface area contributed by atoms with Crippen molar-refractivity contribution in [3.8, 4) is 0 Å². The lowest BCUT2D eigenvalue weighted by atomic mass is 10.1. The summed E-state index contributed by atoms with van der Waals surface area (Å²) in [5.74, 6) is 0.605. The highest BCUT2D eigenvalue weighted by atomic mass is 32.2. The zero-order valence-electron chi connectivity index (χ0n) is 14.2. The fraction of sp³-hybridized carbons (Fsp3) is 0.750. The quantitative estimate of drug-likeness (QED) is 0.426. The highest BCUT2D eigenvalue weighted by Gasteiger charge is 2.22. The molecule has 0 saturated heterocycles. The molecule has 22 heavy (non-hydrogen) atoms. The molecule has 0 aliphatic carbocycles. The van der Waals surface area contributed by atoms with Crippen molar-refractivity contribution < 1.29 is 4.74 Å². The fourth-order valence-electron chi connectivity index (χ4n) is 2.46. The lowest BCUT2D eigenvalue weighted by Gasteiger charge is -2.23. The Kier molecular flexibility index (Phi) is 8.75. The van der Waals surface area contributed by atoms with Crippen LogP contribution < -0.4 is 15.8 Å². The van der Waals surface area contributed by atoms with Gasteiger partial charge in [0.2, 0.25) is 10.9 Å². The van der Waals surface area contributed by atoms with Gasteiger partial charge >= 0.3 is 0 Å². The predicted molar refractivity (Wildman–Crippen MR) is 95.1 cm³/mol. The van der Waals surface area contributed by atoms with Crippen LogP contribution in [0.15, 0.2) is 9.59 Å². The number of hydrogen-bond donors (Lipinski definition) is 0. The summed E-state index contributed by atoms with van der Waals surface area (Å²) in [6.07, 6.45) is 3.08. The Balaban J connectivity index is 2.32. The van der Waals surface area contributed by atoms with Crippen molar-refractivity contribution in [2.24, 2.45) is 0 Å². The van der Waals surface area contributed by atoms with E-state index in [1.807, 2.05) is 18.2 Å². The van der Waals surface area contributed by atoms with Crippen molar-refractivity contribution in [2.45, 2.75) is 26.0 Å². The van der Waals surface area contributed by atoms with Gasteiger partial charge < -0.3 is 14.5 Å².